The van der Waals surface area contributed by atoms with E-state index in [2.05, 4.69) is 28.1 Å². The largest absolute Gasteiger partial charge is 0.383 e. The number of hydrogen-bond donors (Lipinski definition) is 2. The number of H-pyrrole nitrogens is 1. The van der Waals surface area contributed by atoms with E-state index in [0.29, 0.717) is 13.1 Å². The minimum absolute atomic E-state index is 0.0390. The molecule has 1 aliphatic carbocycles. The number of nitrogens with one attached hydrogen (secondary N) is 1. The molecule has 0 fully saturated rings. The number of fused-ring (bicyclic) bond motifs is 1. The number of nitrogens with zero attached hydrogens (tertiary/aromatic N) is 3. The highest BCUT2D eigenvalue weighted by Gasteiger charge is 2.29. The Morgan fingerprint density at radius 3 is 2.55 bits per heavy atom. The molecule has 3 rings (SSSR count). The second-order valence-electron chi connectivity index (χ2n) is 9.92. The van der Waals surface area contributed by atoms with E-state index in [0.717, 1.165) is 19.3 Å². The first kappa shape index (κ1) is 24.8. The molecule has 0 unspecified atom stereocenters. The molecular weight excluding hydrogens is 418 g/mol. The summed E-state index contributed by atoms with van der Waals surface area (Å²) in [4.78, 5) is 44.6. The van der Waals surface area contributed by atoms with E-state index in [4.69, 9.17) is 5.73 Å². The third-order valence-corrected chi connectivity index (χ3v) is 6.14. The molecular formula is C25H37N5O3. The Balaban J connectivity index is 1.94. The fourth-order valence-corrected chi connectivity index (χ4v) is 4.66. The Morgan fingerprint density at radius 2 is 1.88 bits per heavy atom. The molecule has 1 atom stereocenters. The molecule has 8 heteroatoms. The summed E-state index contributed by atoms with van der Waals surface area (Å²) in [5.74, 6) is 0.0905. The van der Waals surface area contributed by atoms with Crippen molar-refractivity contribution in [2.45, 2.75) is 59.5 Å². The van der Waals surface area contributed by atoms with Gasteiger partial charge in [0.05, 0.1) is 6.54 Å². The van der Waals surface area contributed by atoms with E-state index >= 15 is 0 Å². The van der Waals surface area contributed by atoms with Crippen LogP contribution < -0.4 is 21.9 Å². The first-order valence-electron chi connectivity index (χ1n) is 11.8. The minimum atomic E-state index is -0.628. The Bertz CT molecular complexity index is 1100. The molecule has 1 heterocycles. The number of nitrogen functional groups attached to an aromatic ring is 1. The van der Waals surface area contributed by atoms with Crippen LogP contribution >= 0.6 is 0 Å². The zero-order valence-electron chi connectivity index (χ0n) is 20.4. The molecule has 1 amide bonds. The Kier molecular flexibility index (Phi) is 7.79. The predicted octanol–water partition coefficient (Wildman–Crippen LogP) is 2.77. The molecule has 0 saturated carbocycles. The summed E-state index contributed by atoms with van der Waals surface area (Å²) in [6, 6.07) is 8.52. The van der Waals surface area contributed by atoms with Crippen molar-refractivity contribution < 1.29 is 4.79 Å². The van der Waals surface area contributed by atoms with Crippen molar-refractivity contribution in [3.05, 3.63) is 56.2 Å². The molecule has 3 N–H and O–H groups in total. The number of hydrogen-bond acceptors (Lipinski definition) is 5. The highest BCUT2D eigenvalue weighted by molar-refractivity contribution is 5.96. The van der Waals surface area contributed by atoms with Crippen molar-refractivity contribution >= 4 is 17.4 Å². The lowest BCUT2D eigenvalue weighted by Crippen LogP contribution is -2.46. The molecule has 0 spiro atoms. The second-order valence-corrected chi connectivity index (χ2v) is 9.92. The monoisotopic (exact) mass is 455 g/mol. The lowest BCUT2D eigenvalue weighted by Gasteiger charge is -2.34. The maximum absolute atomic E-state index is 13.6. The molecule has 0 radical (unpaired) electrons. The van der Waals surface area contributed by atoms with Gasteiger partial charge in [0.2, 0.25) is 5.91 Å². The summed E-state index contributed by atoms with van der Waals surface area (Å²) in [6.07, 6.45) is 3.10. The maximum atomic E-state index is 13.6. The number of nitrogens with two attached hydrogens (primary N) is 1. The lowest BCUT2D eigenvalue weighted by molar-refractivity contribution is -0.120. The smallest absolute Gasteiger partial charge is 0.330 e. The quantitative estimate of drug-likeness (QED) is 0.637. The fourth-order valence-electron chi connectivity index (χ4n) is 4.66. The molecule has 0 aliphatic heterocycles. The summed E-state index contributed by atoms with van der Waals surface area (Å²) in [5, 5.41) is 0. The van der Waals surface area contributed by atoms with Gasteiger partial charge in [-0.1, -0.05) is 52.0 Å². The van der Waals surface area contributed by atoms with Crippen LogP contribution in [0.25, 0.3) is 0 Å². The Labute approximate surface area is 195 Å². The summed E-state index contributed by atoms with van der Waals surface area (Å²) >= 11 is 0. The van der Waals surface area contributed by atoms with Crippen LogP contribution in [0.3, 0.4) is 0 Å². The number of aromatic amines is 1. The van der Waals surface area contributed by atoms with Crippen molar-refractivity contribution in [3.63, 3.8) is 0 Å². The van der Waals surface area contributed by atoms with E-state index in [-0.39, 0.29) is 41.8 Å². The first-order chi connectivity index (χ1) is 15.6. The normalized spacial score (nSPS) is 15.8. The van der Waals surface area contributed by atoms with Crippen molar-refractivity contribution in [2.24, 2.45) is 11.8 Å². The standard InChI is InChI=1S/C25H37N5O3/c1-16(2)13-29(22-23(26)30(14-17(3)4)25(33)27-24(22)32)21(31)15-28(5)20-12-8-10-18-9-6-7-11-19(18)20/h6-7,9,11,16-17,20H,8,10,12-15,26H2,1-5H3,(H,27,32,33)/t20-/m0/s1. The minimum Gasteiger partial charge on any atom is -0.383 e. The molecule has 0 saturated heterocycles. The van der Waals surface area contributed by atoms with Gasteiger partial charge < -0.3 is 10.6 Å². The predicted molar refractivity (Wildman–Crippen MR) is 133 cm³/mol. The number of rotatable bonds is 8. The number of likely N-dealkylation sites (N-methyl/N-ethyl adjacent to an activating group) is 1. The van der Waals surface area contributed by atoms with Gasteiger partial charge in [0.1, 0.15) is 5.82 Å². The van der Waals surface area contributed by atoms with Crippen LogP contribution in [0.15, 0.2) is 33.9 Å². The molecule has 1 aliphatic rings. The third-order valence-electron chi connectivity index (χ3n) is 6.14. The van der Waals surface area contributed by atoms with Gasteiger partial charge in [0.15, 0.2) is 5.69 Å². The van der Waals surface area contributed by atoms with Crippen LogP contribution in [0.2, 0.25) is 0 Å². The fraction of sp³-hybridized carbons (Fsp3) is 0.560. The van der Waals surface area contributed by atoms with Gasteiger partial charge in [0.25, 0.3) is 5.56 Å². The number of amides is 1. The van der Waals surface area contributed by atoms with Crippen molar-refractivity contribution in [3.8, 4) is 0 Å². The van der Waals surface area contributed by atoms with Gasteiger partial charge >= 0.3 is 5.69 Å². The molecule has 2 aromatic rings. The summed E-state index contributed by atoms with van der Waals surface area (Å²) in [5.41, 5.74) is 7.79. The van der Waals surface area contributed by atoms with E-state index < -0.39 is 11.2 Å². The number of anilines is 2. The van der Waals surface area contributed by atoms with Crippen LogP contribution in [0.1, 0.15) is 57.7 Å². The van der Waals surface area contributed by atoms with Gasteiger partial charge in [-0.3, -0.25) is 24.0 Å². The van der Waals surface area contributed by atoms with Crippen LogP contribution in [-0.4, -0.2) is 40.5 Å². The maximum Gasteiger partial charge on any atom is 0.330 e. The van der Waals surface area contributed by atoms with Crippen LogP contribution in [0.5, 0.6) is 0 Å². The zero-order chi connectivity index (χ0) is 24.3. The summed E-state index contributed by atoms with van der Waals surface area (Å²) in [6.45, 7) is 8.73. The number of aromatic nitrogens is 2. The zero-order valence-corrected chi connectivity index (χ0v) is 20.4. The van der Waals surface area contributed by atoms with E-state index in [1.54, 1.807) is 0 Å². The molecule has 0 bridgehead atoms. The van der Waals surface area contributed by atoms with Gasteiger partial charge in [0, 0.05) is 19.1 Å². The average molecular weight is 456 g/mol. The first-order valence-corrected chi connectivity index (χ1v) is 11.8. The van der Waals surface area contributed by atoms with Crippen molar-refractivity contribution in [2.75, 3.05) is 30.8 Å². The van der Waals surface area contributed by atoms with Gasteiger partial charge in [-0.15, -0.1) is 0 Å². The number of carbonyl (C=O) groups excluding carboxylic acids is 1. The molecule has 1 aromatic carbocycles. The van der Waals surface area contributed by atoms with E-state index in [9.17, 15) is 14.4 Å². The van der Waals surface area contributed by atoms with E-state index in [1.165, 1.54) is 20.6 Å². The molecule has 1 aromatic heterocycles. The van der Waals surface area contributed by atoms with Crippen LogP contribution in [0, 0.1) is 11.8 Å². The molecule has 33 heavy (non-hydrogen) atoms. The van der Waals surface area contributed by atoms with E-state index in [1.807, 2.05) is 40.8 Å². The highest BCUT2D eigenvalue weighted by Crippen LogP contribution is 2.33. The lowest BCUT2D eigenvalue weighted by atomic mass is 9.87. The van der Waals surface area contributed by atoms with Gasteiger partial charge in [-0.25, -0.2) is 4.79 Å². The van der Waals surface area contributed by atoms with Gasteiger partial charge in [-0.05, 0) is 49.3 Å². The van der Waals surface area contributed by atoms with Crippen molar-refractivity contribution in [1.29, 1.82) is 0 Å². The number of carbonyl (C=O) groups is 1. The number of aryl methyl sites for hydroxylation is 1. The molecule has 8 nitrogen and oxygen atoms in total. The van der Waals surface area contributed by atoms with Gasteiger partial charge in [-0.2, -0.15) is 0 Å². The Hall–Kier alpha value is -2.87. The summed E-state index contributed by atoms with van der Waals surface area (Å²) in [7, 11) is 1.95. The molecule has 180 valence electrons. The average Bonchev–Trinajstić information content (AvgIpc) is 2.75. The van der Waals surface area contributed by atoms with Crippen LogP contribution in [-0.2, 0) is 17.8 Å². The van der Waals surface area contributed by atoms with Crippen LogP contribution in [0.4, 0.5) is 11.5 Å². The second kappa shape index (κ2) is 10.4. The highest BCUT2D eigenvalue weighted by atomic mass is 16.2. The topological polar surface area (TPSA) is 104 Å². The Morgan fingerprint density at radius 1 is 1.18 bits per heavy atom. The SMILES string of the molecule is CC(C)CN(C(=O)CN(C)[C@H]1CCCc2ccccc21)c1c(N)n(CC(C)C)c(=O)[nH]c1=O. The van der Waals surface area contributed by atoms with Crippen molar-refractivity contribution in [1.82, 2.24) is 14.5 Å². The third kappa shape index (κ3) is 5.55. The summed E-state index contributed by atoms with van der Waals surface area (Å²) < 4.78 is 1.35. The number of benzene rings is 1.